The van der Waals surface area contributed by atoms with Crippen LogP contribution in [-0.4, -0.2) is 9.55 Å². The summed E-state index contributed by atoms with van der Waals surface area (Å²) < 4.78 is 1.78. The van der Waals surface area contributed by atoms with Crippen LogP contribution in [0.3, 0.4) is 0 Å². The number of hydrogen-bond acceptors (Lipinski definition) is 1. The molecule has 3 heteroatoms. The fourth-order valence-corrected chi connectivity index (χ4v) is 0.377. The van der Waals surface area contributed by atoms with E-state index in [0.717, 1.165) is 0 Å². The molecule has 0 bridgehead atoms. The second-order valence-corrected chi connectivity index (χ2v) is 1.19. The summed E-state index contributed by atoms with van der Waals surface area (Å²) in [4.78, 5) is 3.78. The van der Waals surface area contributed by atoms with Crippen molar-refractivity contribution in [3.05, 3.63) is 25.3 Å². The molecule has 0 aliphatic carbocycles. The zero-order valence-corrected chi connectivity index (χ0v) is 5.29. The summed E-state index contributed by atoms with van der Waals surface area (Å²) in [5, 5.41) is 0. The van der Waals surface area contributed by atoms with E-state index in [-0.39, 0.29) is 16.8 Å². The van der Waals surface area contributed by atoms with Crippen LogP contribution in [0.15, 0.2) is 25.3 Å². The molecule has 1 rings (SSSR count). The molecule has 0 aliphatic heterocycles. The zero-order chi connectivity index (χ0) is 5.11. The molecule has 0 aromatic carbocycles. The van der Waals surface area contributed by atoms with Gasteiger partial charge in [0.05, 0.1) is 6.33 Å². The van der Waals surface area contributed by atoms with Crippen molar-refractivity contribution in [2.24, 2.45) is 0 Å². The Morgan fingerprint density at radius 1 is 1.62 bits per heavy atom. The third kappa shape index (κ3) is 1.52. The zero-order valence-electron chi connectivity index (χ0n) is 4.24. The Morgan fingerprint density at radius 3 is 2.62 bits per heavy atom. The maximum atomic E-state index is 3.78. The van der Waals surface area contributed by atoms with Gasteiger partial charge in [0.2, 0.25) is 0 Å². The molecule has 0 unspecified atom stereocenters. The van der Waals surface area contributed by atoms with Crippen molar-refractivity contribution < 1.29 is 16.8 Å². The quantitative estimate of drug-likeness (QED) is 0.588. The van der Waals surface area contributed by atoms with Crippen LogP contribution in [0.25, 0.3) is 6.20 Å². The fourth-order valence-electron chi connectivity index (χ4n) is 0.377. The predicted molar refractivity (Wildman–Crippen MR) is 28.6 cm³/mol. The van der Waals surface area contributed by atoms with Gasteiger partial charge in [-0.25, -0.2) is 4.98 Å². The molecule has 8 heavy (non-hydrogen) atoms. The molecular formula is C5H6CoN2. The largest absolute Gasteiger partial charge is 0.314 e. The third-order valence-electron chi connectivity index (χ3n) is 0.736. The summed E-state index contributed by atoms with van der Waals surface area (Å²) >= 11 is 0. The molecule has 1 radical (unpaired) electrons. The molecular weight excluding hydrogens is 147 g/mol. The predicted octanol–water partition coefficient (Wildman–Crippen LogP) is 0.981. The summed E-state index contributed by atoms with van der Waals surface area (Å²) in [5.41, 5.74) is 0. The maximum Gasteiger partial charge on any atom is 0.0986 e. The Bertz CT molecular complexity index is 145. The van der Waals surface area contributed by atoms with Crippen LogP contribution >= 0.6 is 0 Å². The van der Waals surface area contributed by atoms with E-state index in [2.05, 4.69) is 11.6 Å². The van der Waals surface area contributed by atoms with Crippen LogP contribution < -0.4 is 0 Å². The van der Waals surface area contributed by atoms with Crippen molar-refractivity contribution in [3.8, 4) is 0 Å². The number of aromatic nitrogens is 2. The van der Waals surface area contributed by atoms with Crippen molar-refractivity contribution in [2.75, 3.05) is 0 Å². The van der Waals surface area contributed by atoms with E-state index in [1.807, 2.05) is 6.20 Å². The normalized spacial score (nSPS) is 7.50. The van der Waals surface area contributed by atoms with Crippen molar-refractivity contribution in [1.29, 1.82) is 0 Å². The Kier molecular flexibility index (Phi) is 3.22. The van der Waals surface area contributed by atoms with E-state index in [1.54, 1.807) is 23.3 Å². The molecule has 0 saturated heterocycles. The van der Waals surface area contributed by atoms with Gasteiger partial charge in [-0.15, -0.1) is 0 Å². The van der Waals surface area contributed by atoms with E-state index < -0.39 is 0 Å². The van der Waals surface area contributed by atoms with E-state index in [1.165, 1.54) is 0 Å². The summed E-state index contributed by atoms with van der Waals surface area (Å²) in [6, 6.07) is 0. The van der Waals surface area contributed by atoms with Crippen molar-refractivity contribution in [3.63, 3.8) is 0 Å². The third-order valence-corrected chi connectivity index (χ3v) is 0.736. The van der Waals surface area contributed by atoms with Gasteiger partial charge in [-0.3, -0.25) is 0 Å². The summed E-state index contributed by atoms with van der Waals surface area (Å²) in [6.45, 7) is 3.53. The number of hydrogen-bond donors (Lipinski definition) is 0. The van der Waals surface area contributed by atoms with Gasteiger partial charge in [0, 0.05) is 35.4 Å². The number of nitrogens with zero attached hydrogens (tertiary/aromatic N) is 2. The van der Waals surface area contributed by atoms with E-state index >= 15 is 0 Å². The van der Waals surface area contributed by atoms with Crippen LogP contribution in [-0.2, 0) is 16.8 Å². The van der Waals surface area contributed by atoms with Crippen LogP contribution in [0, 0.1) is 0 Å². The summed E-state index contributed by atoms with van der Waals surface area (Å²) in [5.74, 6) is 0. The van der Waals surface area contributed by atoms with Crippen molar-refractivity contribution >= 4 is 6.20 Å². The van der Waals surface area contributed by atoms with Crippen LogP contribution in [0.2, 0.25) is 0 Å². The first kappa shape index (κ1) is 7.46. The van der Waals surface area contributed by atoms with Gasteiger partial charge < -0.3 is 4.57 Å². The first-order chi connectivity index (χ1) is 3.43. The minimum absolute atomic E-state index is 0. The Balaban J connectivity index is 0.000000490. The van der Waals surface area contributed by atoms with Gasteiger partial charge in [-0.05, 0) is 0 Å². The maximum absolute atomic E-state index is 3.78. The van der Waals surface area contributed by atoms with Crippen LogP contribution in [0.1, 0.15) is 0 Å². The smallest absolute Gasteiger partial charge is 0.0986 e. The second kappa shape index (κ2) is 3.46. The standard InChI is InChI=1S/C5H6N2.Co/c1-2-7-4-3-6-5-7;/h2-5H,1H2;. The first-order valence-electron chi connectivity index (χ1n) is 2.03. The molecule has 45 valence electrons. The fraction of sp³-hybridized carbons (Fsp3) is 0. The molecule has 0 amide bonds. The molecule has 0 aliphatic rings. The molecule has 2 nitrogen and oxygen atoms in total. The Labute approximate surface area is 58.4 Å². The van der Waals surface area contributed by atoms with E-state index in [0.29, 0.717) is 0 Å². The van der Waals surface area contributed by atoms with Gasteiger partial charge >= 0.3 is 0 Å². The van der Waals surface area contributed by atoms with E-state index in [9.17, 15) is 0 Å². The monoisotopic (exact) mass is 153 g/mol. The Morgan fingerprint density at radius 2 is 2.38 bits per heavy atom. The summed E-state index contributed by atoms with van der Waals surface area (Å²) in [6.07, 6.45) is 6.91. The number of imidazole rings is 1. The second-order valence-electron chi connectivity index (χ2n) is 1.19. The number of rotatable bonds is 1. The molecule has 0 saturated carbocycles. The average Bonchev–Trinajstić information content (AvgIpc) is 2.14. The molecule has 1 heterocycles. The summed E-state index contributed by atoms with van der Waals surface area (Å²) in [7, 11) is 0. The molecule has 0 fully saturated rings. The van der Waals surface area contributed by atoms with Gasteiger partial charge in [0.25, 0.3) is 0 Å². The van der Waals surface area contributed by atoms with Crippen molar-refractivity contribution in [1.82, 2.24) is 9.55 Å². The van der Waals surface area contributed by atoms with Gasteiger partial charge in [-0.1, -0.05) is 6.58 Å². The Hall–Kier alpha value is -0.544. The van der Waals surface area contributed by atoms with Crippen LogP contribution in [0.4, 0.5) is 0 Å². The van der Waals surface area contributed by atoms with Crippen molar-refractivity contribution in [2.45, 2.75) is 0 Å². The SMILES string of the molecule is C=Cn1ccnc1.[Co]. The van der Waals surface area contributed by atoms with Gasteiger partial charge in [0.1, 0.15) is 0 Å². The first-order valence-corrected chi connectivity index (χ1v) is 2.03. The van der Waals surface area contributed by atoms with Crippen LogP contribution in [0.5, 0.6) is 0 Å². The molecule has 1 aromatic rings. The average molecular weight is 153 g/mol. The van der Waals surface area contributed by atoms with Gasteiger partial charge in [-0.2, -0.15) is 0 Å². The molecule has 1 aromatic heterocycles. The topological polar surface area (TPSA) is 17.8 Å². The molecule has 0 N–H and O–H groups in total. The minimum Gasteiger partial charge on any atom is -0.314 e. The van der Waals surface area contributed by atoms with Gasteiger partial charge in [0.15, 0.2) is 0 Å². The minimum atomic E-state index is 0. The molecule has 0 spiro atoms. The molecule has 0 atom stereocenters. The van der Waals surface area contributed by atoms with E-state index in [4.69, 9.17) is 0 Å².